The van der Waals surface area contributed by atoms with E-state index in [-0.39, 0.29) is 41.0 Å². The van der Waals surface area contributed by atoms with Gasteiger partial charge in [-0.15, -0.1) is 5.10 Å². The zero-order chi connectivity index (χ0) is 33.9. The summed E-state index contributed by atoms with van der Waals surface area (Å²) in [6.45, 7) is 3.42. The first-order chi connectivity index (χ1) is 21.2. The van der Waals surface area contributed by atoms with Gasteiger partial charge in [0.05, 0.1) is 28.1 Å². The van der Waals surface area contributed by atoms with Gasteiger partial charge in [-0.05, 0) is 64.3 Å². The number of carbonyl (C=O) groups is 1. The number of aromatic nitrogens is 3. The zero-order valence-electron chi connectivity index (χ0n) is 25.4. The number of halogens is 2. The summed E-state index contributed by atoms with van der Waals surface area (Å²) in [6.07, 6.45) is 2.45. The molecule has 1 aromatic carbocycles. The van der Waals surface area contributed by atoms with Gasteiger partial charge >= 0.3 is 0 Å². The van der Waals surface area contributed by atoms with Gasteiger partial charge in [0.1, 0.15) is 19.4 Å². The standard InChI is InChI=1S/C29H33B2F2N5O7S/c1-25(2)28(30,40)20(29(31,41)42)17-37(25)23-19(24(39)36-46(43,44)18-7-5-4-6-8-18)9-10-21(34-23)38-15-11-22(35-38)45-16-14-27(12-13-27)26(3,32)33/h4-11,15,20,40-42H,12-14,16-17H2,1-3H3,(H,36,39)/t20-,28?/m1/s1. The van der Waals surface area contributed by atoms with Crippen LogP contribution in [0.3, 0.4) is 0 Å². The van der Waals surface area contributed by atoms with E-state index < -0.39 is 56.5 Å². The molecule has 17 heteroatoms. The van der Waals surface area contributed by atoms with Crippen molar-refractivity contribution in [3.8, 4) is 11.7 Å². The van der Waals surface area contributed by atoms with Crippen LogP contribution in [0.5, 0.6) is 5.88 Å². The van der Waals surface area contributed by atoms with Crippen molar-refractivity contribution >= 4 is 37.4 Å². The van der Waals surface area contributed by atoms with Gasteiger partial charge in [-0.25, -0.2) is 31.6 Å². The Balaban J connectivity index is 1.49. The lowest BCUT2D eigenvalue weighted by atomic mass is 9.58. The SMILES string of the molecule is [B]C(O)(O)[C@@H]1CN(c2nc(-n3ccc(OCCC4(C(C)(F)F)CC4)n3)ccc2C(=O)NS(=O)(=O)c2ccccc2)C(C)(C)C1([B])O. The number of rotatable bonds is 11. The van der Waals surface area contributed by atoms with Crippen molar-refractivity contribution in [1.82, 2.24) is 19.5 Å². The first kappa shape index (κ1) is 33.8. The van der Waals surface area contributed by atoms with E-state index in [1.807, 2.05) is 4.72 Å². The number of pyridine rings is 1. The molecule has 4 N–H and O–H groups in total. The lowest BCUT2D eigenvalue weighted by Gasteiger charge is -2.43. The Morgan fingerprint density at radius 2 is 1.80 bits per heavy atom. The molecule has 1 aliphatic heterocycles. The maximum absolute atomic E-state index is 13.9. The first-order valence-corrected chi connectivity index (χ1v) is 15.9. The molecule has 3 heterocycles. The number of ether oxygens (including phenoxy) is 1. The highest BCUT2D eigenvalue weighted by molar-refractivity contribution is 7.90. The first-order valence-electron chi connectivity index (χ1n) is 14.4. The molecule has 12 nitrogen and oxygen atoms in total. The summed E-state index contributed by atoms with van der Waals surface area (Å²) in [4.78, 5) is 19.2. The van der Waals surface area contributed by atoms with Crippen molar-refractivity contribution in [2.24, 2.45) is 11.3 Å². The molecular formula is C29H33B2F2N5O7S. The number of hydrogen-bond acceptors (Lipinski definition) is 10. The van der Waals surface area contributed by atoms with Gasteiger partial charge < -0.3 is 25.0 Å². The largest absolute Gasteiger partial charge is 0.477 e. The van der Waals surface area contributed by atoms with Crippen LogP contribution in [0, 0.1) is 11.3 Å². The molecule has 2 aromatic heterocycles. The molecule has 46 heavy (non-hydrogen) atoms. The van der Waals surface area contributed by atoms with E-state index in [2.05, 4.69) is 10.1 Å². The van der Waals surface area contributed by atoms with Crippen molar-refractivity contribution < 1.29 is 42.0 Å². The molecule has 5 rings (SSSR count). The minimum absolute atomic E-state index is 0.00964. The summed E-state index contributed by atoms with van der Waals surface area (Å²) in [5.41, 5.74) is -8.17. The molecule has 4 radical (unpaired) electrons. The van der Waals surface area contributed by atoms with Gasteiger partial charge in [0.15, 0.2) is 13.7 Å². The lowest BCUT2D eigenvalue weighted by Crippen LogP contribution is -2.60. The maximum Gasteiger partial charge on any atom is 0.268 e. The van der Waals surface area contributed by atoms with E-state index in [1.165, 1.54) is 72.1 Å². The number of aliphatic hydroxyl groups is 3. The summed E-state index contributed by atoms with van der Waals surface area (Å²) in [5, 5.41) is 36.0. The molecule has 2 fully saturated rings. The van der Waals surface area contributed by atoms with Crippen LogP contribution in [0.15, 0.2) is 59.6 Å². The van der Waals surface area contributed by atoms with Crippen LogP contribution in [-0.4, -0.2) is 95.9 Å². The van der Waals surface area contributed by atoms with Crippen LogP contribution < -0.4 is 14.4 Å². The molecule has 1 saturated carbocycles. The second-order valence-corrected chi connectivity index (χ2v) is 14.2. The van der Waals surface area contributed by atoms with Gasteiger partial charge in [0.25, 0.3) is 21.9 Å². The minimum Gasteiger partial charge on any atom is -0.477 e. The quantitative estimate of drug-likeness (QED) is 0.176. The highest BCUT2D eigenvalue weighted by Crippen LogP contribution is 2.59. The summed E-state index contributed by atoms with van der Waals surface area (Å²) in [6, 6.07) is 11.4. The van der Waals surface area contributed by atoms with Crippen LogP contribution in [0.25, 0.3) is 5.82 Å². The molecule has 0 spiro atoms. The fourth-order valence-electron chi connectivity index (χ4n) is 5.71. The third-order valence-corrected chi connectivity index (χ3v) is 10.5. The molecule has 2 aliphatic rings. The Kier molecular flexibility index (Phi) is 8.32. The second-order valence-electron chi connectivity index (χ2n) is 12.5. The molecule has 1 aliphatic carbocycles. The number of anilines is 1. The average molecular weight is 655 g/mol. The number of sulfonamides is 1. The number of amides is 1. The maximum atomic E-state index is 13.9. The summed E-state index contributed by atoms with van der Waals surface area (Å²) in [7, 11) is 7.41. The predicted octanol–water partition coefficient (Wildman–Crippen LogP) is 1.47. The number of benzene rings is 1. The fraction of sp³-hybridized carbons (Fsp3) is 0.483. The average Bonchev–Trinajstić information content (AvgIpc) is 3.56. The number of nitrogens with one attached hydrogen (secondary N) is 1. The van der Waals surface area contributed by atoms with E-state index in [1.54, 1.807) is 6.07 Å². The number of hydrogen-bond donors (Lipinski definition) is 4. The molecule has 242 valence electrons. The number of alkyl halides is 2. The van der Waals surface area contributed by atoms with Crippen molar-refractivity contribution in [2.75, 3.05) is 18.1 Å². The smallest absolute Gasteiger partial charge is 0.268 e. The van der Waals surface area contributed by atoms with Crippen LogP contribution in [0.1, 0.15) is 50.4 Å². The Bertz CT molecular complexity index is 1720. The van der Waals surface area contributed by atoms with E-state index in [4.69, 9.17) is 20.4 Å². The molecule has 3 aromatic rings. The zero-order valence-corrected chi connectivity index (χ0v) is 26.2. The van der Waals surface area contributed by atoms with E-state index in [9.17, 15) is 37.3 Å². The van der Waals surface area contributed by atoms with Gasteiger partial charge in [-0.3, -0.25) is 4.79 Å². The number of carbonyl (C=O) groups excluding carboxylic acids is 1. The molecule has 1 amide bonds. The normalized spacial score (nSPS) is 22.4. The van der Waals surface area contributed by atoms with Crippen LogP contribution in [0.4, 0.5) is 14.6 Å². The van der Waals surface area contributed by atoms with E-state index >= 15 is 0 Å². The summed E-state index contributed by atoms with van der Waals surface area (Å²) >= 11 is 0. The van der Waals surface area contributed by atoms with Crippen LogP contribution >= 0.6 is 0 Å². The van der Waals surface area contributed by atoms with Crippen LogP contribution in [-0.2, 0) is 10.0 Å². The Morgan fingerprint density at radius 1 is 1.15 bits per heavy atom. The Morgan fingerprint density at radius 3 is 2.37 bits per heavy atom. The lowest BCUT2D eigenvalue weighted by molar-refractivity contribution is -0.160. The molecule has 1 unspecified atom stereocenters. The van der Waals surface area contributed by atoms with Gasteiger partial charge in [0.2, 0.25) is 5.88 Å². The number of nitrogens with zero attached hydrogens (tertiary/aromatic N) is 4. The van der Waals surface area contributed by atoms with Gasteiger partial charge in [-0.2, -0.15) is 0 Å². The van der Waals surface area contributed by atoms with Gasteiger partial charge in [-0.1, -0.05) is 18.2 Å². The molecule has 2 atom stereocenters. The van der Waals surface area contributed by atoms with E-state index in [0.717, 1.165) is 6.92 Å². The third-order valence-electron chi connectivity index (χ3n) is 9.12. The van der Waals surface area contributed by atoms with Crippen LogP contribution in [0.2, 0.25) is 0 Å². The van der Waals surface area contributed by atoms with Crippen molar-refractivity contribution in [3.05, 3.63) is 60.3 Å². The summed E-state index contributed by atoms with van der Waals surface area (Å²) in [5.74, 6) is -5.41. The monoisotopic (exact) mass is 655 g/mol. The van der Waals surface area contributed by atoms with Crippen molar-refractivity contribution in [1.29, 1.82) is 0 Å². The summed E-state index contributed by atoms with van der Waals surface area (Å²) < 4.78 is 62.7. The highest BCUT2D eigenvalue weighted by Gasteiger charge is 2.61. The molecular weight excluding hydrogens is 622 g/mol. The van der Waals surface area contributed by atoms with Crippen molar-refractivity contribution in [3.63, 3.8) is 0 Å². The Hall–Kier alpha value is -3.53. The second kappa shape index (κ2) is 11.3. The van der Waals surface area contributed by atoms with Gasteiger partial charge in [0, 0.05) is 30.1 Å². The third kappa shape index (κ3) is 6.12. The fourth-order valence-corrected chi connectivity index (χ4v) is 6.70. The molecule has 1 saturated heterocycles. The predicted molar refractivity (Wildman–Crippen MR) is 163 cm³/mol. The Labute approximate surface area is 267 Å². The van der Waals surface area contributed by atoms with E-state index in [0.29, 0.717) is 12.8 Å². The topological polar surface area (TPSA) is 167 Å². The minimum atomic E-state index is -4.32. The molecule has 0 bridgehead atoms. The highest BCUT2D eigenvalue weighted by atomic mass is 32.2. The van der Waals surface area contributed by atoms with Crippen molar-refractivity contribution in [2.45, 2.75) is 67.6 Å².